The molecule has 0 radical (unpaired) electrons. The average molecular weight is 301 g/mol. The van der Waals surface area contributed by atoms with Crippen molar-refractivity contribution in [2.75, 3.05) is 6.61 Å². The highest BCUT2D eigenvalue weighted by atomic mass is 32.2. The predicted molar refractivity (Wildman–Crippen MR) is 58.1 cm³/mol. The summed E-state index contributed by atoms with van der Waals surface area (Å²) in [4.78, 5) is 7.60. The maximum atomic E-state index is 11.2. The third-order valence-corrected chi connectivity index (χ3v) is 4.12. The zero-order valence-corrected chi connectivity index (χ0v) is 10.6. The number of hydrogen-bond acceptors (Lipinski definition) is 8. The summed E-state index contributed by atoms with van der Waals surface area (Å²) in [5.41, 5.74) is 0. The van der Waals surface area contributed by atoms with Crippen LogP contribution in [-0.2, 0) is 19.6 Å². The molecule has 0 aromatic rings. The summed E-state index contributed by atoms with van der Waals surface area (Å²) in [6.07, 6.45) is -6.18. The molecule has 11 heteroatoms. The van der Waals surface area contributed by atoms with E-state index in [1.54, 1.807) is 0 Å². The lowest BCUT2D eigenvalue weighted by Crippen LogP contribution is -2.73. The Balaban J connectivity index is 3.23. The fraction of sp³-hybridized carbons (Fsp3) is 0.875. The zero-order valence-electron chi connectivity index (χ0n) is 9.79. The lowest BCUT2D eigenvalue weighted by atomic mass is 9.96. The number of nitrogens with one attached hydrogen (secondary N) is 1. The Hall–Kier alpha value is -0.820. The monoisotopic (exact) mass is 301 g/mol. The molecule has 0 aromatic heterocycles. The van der Waals surface area contributed by atoms with E-state index in [2.05, 4.69) is 4.74 Å². The predicted octanol–water partition coefficient (Wildman–Crippen LogP) is -3.86. The van der Waals surface area contributed by atoms with Gasteiger partial charge < -0.3 is 30.5 Å². The van der Waals surface area contributed by atoms with Crippen LogP contribution in [0.5, 0.6) is 0 Å². The van der Waals surface area contributed by atoms with Crippen molar-refractivity contribution in [1.82, 2.24) is 5.32 Å². The van der Waals surface area contributed by atoms with E-state index in [1.165, 1.54) is 0 Å². The maximum Gasteiger partial charge on any atom is 0.300 e. The number of hydrogen-bond donors (Lipinski definition) is 6. The highest BCUT2D eigenvalue weighted by Gasteiger charge is 2.62. The van der Waals surface area contributed by atoms with Crippen molar-refractivity contribution in [2.24, 2.45) is 0 Å². The van der Waals surface area contributed by atoms with Crippen LogP contribution >= 0.6 is 0 Å². The largest absolute Gasteiger partial charge is 0.394 e. The van der Waals surface area contributed by atoms with Gasteiger partial charge in [0.1, 0.15) is 18.2 Å². The van der Waals surface area contributed by atoms with Crippen molar-refractivity contribution in [1.29, 1.82) is 0 Å². The lowest BCUT2D eigenvalue weighted by molar-refractivity contribution is -0.268. The molecular formula is C8H15NO9S. The Bertz CT molecular complexity index is 451. The van der Waals surface area contributed by atoms with Gasteiger partial charge in [-0.2, -0.15) is 8.42 Å². The van der Waals surface area contributed by atoms with Gasteiger partial charge in [0.15, 0.2) is 6.29 Å². The van der Waals surface area contributed by atoms with E-state index in [0.717, 1.165) is 6.92 Å². The summed E-state index contributed by atoms with van der Waals surface area (Å²) in [6, 6.07) is -1.70. The van der Waals surface area contributed by atoms with Gasteiger partial charge in [-0.25, -0.2) is 0 Å². The molecule has 1 unspecified atom stereocenters. The van der Waals surface area contributed by atoms with E-state index in [-0.39, 0.29) is 0 Å². The van der Waals surface area contributed by atoms with E-state index in [9.17, 15) is 28.5 Å². The van der Waals surface area contributed by atoms with Crippen molar-refractivity contribution >= 4 is 16.0 Å². The van der Waals surface area contributed by atoms with Crippen molar-refractivity contribution in [3.63, 3.8) is 0 Å². The molecule has 0 saturated carbocycles. The minimum atomic E-state index is -5.27. The van der Waals surface area contributed by atoms with Crippen molar-refractivity contribution < 1.29 is 42.9 Å². The molecule has 0 aliphatic carbocycles. The van der Waals surface area contributed by atoms with Crippen molar-refractivity contribution in [3.05, 3.63) is 0 Å². The molecule has 5 atom stereocenters. The Morgan fingerprint density at radius 2 is 1.95 bits per heavy atom. The Morgan fingerprint density at radius 1 is 1.42 bits per heavy atom. The summed E-state index contributed by atoms with van der Waals surface area (Å²) in [6.45, 7) is -0.0821. The number of aliphatic hydroxyl groups excluding tert-OH is 3. The number of ether oxygens (including phenoxy) is 1. The molecule has 1 fully saturated rings. The zero-order chi connectivity index (χ0) is 15.0. The van der Waals surface area contributed by atoms with Crippen LogP contribution in [0.1, 0.15) is 6.92 Å². The van der Waals surface area contributed by atoms with Gasteiger partial charge in [0, 0.05) is 6.92 Å². The topological polar surface area (TPSA) is 174 Å². The molecule has 112 valence electrons. The maximum absolute atomic E-state index is 11.2. The molecule has 10 nitrogen and oxygen atoms in total. The average Bonchev–Trinajstić information content (AvgIpc) is 2.27. The van der Waals surface area contributed by atoms with Crippen LogP contribution in [0.2, 0.25) is 0 Å². The van der Waals surface area contributed by atoms with Crippen LogP contribution in [0.4, 0.5) is 0 Å². The number of amides is 1. The summed E-state index contributed by atoms with van der Waals surface area (Å²) >= 11 is 0. The minimum absolute atomic E-state index is 0.744. The summed E-state index contributed by atoms with van der Waals surface area (Å²) in [5.74, 6) is -0.744. The van der Waals surface area contributed by atoms with Gasteiger partial charge in [0.25, 0.3) is 0 Å². The van der Waals surface area contributed by atoms with Gasteiger partial charge in [0.05, 0.1) is 6.61 Å². The molecule has 1 saturated heterocycles. The molecule has 1 aliphatic rings. The van der Waals surface area contributed by atoms with Crippen molar-refractivity contribution in [2.45, 2.75) is 36.4 Å². The summed E-state index contributed by atoms with van der Waals surface area (Å²) < 4.78 is 36.0. The van der Waals surface area contributed by atoms with Crippen LogP contribution in [0, 0.1) is 0 Å². The number of aliphatic hydroxyl groups is 4. The van der Waals surface area contributed by atoms with Crippen molar-refractivity contribution in [3.8, 4) is 0 Å². The molecule has 1 amide bonds. The van der Waals surface area contributed by atoms with Gasteiger partial charge in [-0.3, -0.25) is 9.35 Å². The lowest BCUT2D eigenvalue weighted by Gasteiger charge is -2.45. The standard InChI is InChI=1S/C8H15NO9S/c1-3(11)9-5-6(12)8(14,19(15,16)17)4(2-10)18-7(5)13/h4-7,10,12-14H,2H2,1H3,(H,9,11)(H,15,16,17)/t4-,5-,6-,7?,8+/m1/s1. The molecular weight excluding hydrogens is 286 g/mol. The second-order valence-corrected chi connectivity index (χ2v) is 5.70. The molecule has 1 aliphatic heterocycles. The van der Waals surface area contributed by atoms with Crippen LogP contribution in [0.15, 0.2) is 0 Å². The van der Waals surface area contributed by atoms with Gasteiger partial charge in [0.2, 0.25) is 10.8 Å². The third kappa shape index (κ3) is 2.72. The first kappa shape index (κ1) is 16.2. The molecule has 0 spiro atoms. The SMILES string of the molecule is CC(=O)N[C@H]1C(O)O[C@H](CO)[C@](O)(S(=O)(=O)O)[C@@H]1O. The molecule has 1 heterocycles. The van der Waals surface area contributed by atoms with Crippen LogP contribution < -0.4 is 5.32 Å². The molecule has 0 aromatic carbocycles. The first-order valence-corrected chi connectivity index (χ1v) is 6.58. The van der Waals surface area contributed by atoms with Crippen LogP contribution in [0.25, 0.3) is 0 Å². The van der Waals surface area contributed by atoms with Gasteiger partial charge in [-0.15, -0.1) is 0 Å². The first-order valence-electron chi connectivity index (χ1n) is 5.14. The fourth-order valence-electron chi connectivity index (χ4n) is 1.83. The summed E-state index contributed by atoms with van der Waals surface area (Å²) in [5, 5.41) is 40.1. The van der Waals surface area contributed by atoms with Gasteiger partial charge >= 0.3 is 10.1 Å². The van der Waals surface area contributed by atoms with E-state index in [4.69, 9.17) is 9.66 Å². The van der Waals surface area contributed by atoms with Crippen LogP contribution in [0.3, 0.4) is 0 Å². The first-order chi connectivity index (χ1) is 8.55. The Morgan fingerprint density at radius 3 is 2.32 bits per heavy atom. The smallest absolute Gasteiger partial charge is 0.300 e. The van der Waals surface area contributed by atoms with E-state index < -0.39 is 52.1 Å². The highest BCUT2D eigenvalue weighted by molar-refractivity contribution is 7.87. The molecule has 0 bridgehead atoms. The number of carbonyl (C=O) groups excluding carboxylic acids is 1. The van der Waals surface area contributed by atoms with E-state index >= 15 is 0 Å². The fourth-order valence-corrected chi connectivity index (χ4v) is 2.75. The van der Waals surface area contributed by atoms with E-state index in [1.807, 2.05) is 5.32 Å². The molecule has 19 heavy (non-hydrogen) atoms. The second-order valence-electron chi connectivity index (χ2n) is 4.10. The molecule has 6 N–H and O–H groups in total. The highest BCUT2D eigenvalue weighted by Crippen LogP contribution is 2.33. The number of rotatable bonds is 3. The van der Waals surface area contributed by atoms with Gasteiger partial charge in [-0.05, 0) is 0 Å². The number of carbonyl (C=O) groups is 1. The third-order valence-electron chi connectivity index (χ3n) is 2.79. The minimum Gasteiger partial charge on any atom is -0.394 e. The Labute approximate surface area is 108 Å². The normalized spacial score (nSPS) is 39.9. The van der Waals surface area contributed by atoms with Gasteiger partial charge in [-0.1, -0.05) is 0 Å². The van der Waals surface area contributed by atoms with E-state index in [0.29, 0.717) is 0 Å². The molecule has 1 rings (SSSR count). The second kappa shape index (κ2) is 5.28. The summed E-state index contributed by atoms with van der Waals surface area (Å²) in [7, 11) is -5.27. The van der Waals surface area contributed by atoms with Crippen LogP contribution in [-0.4, -0.2) is 75.4 Å². The Kier molecular flexibility index (Phi) is 4.51. The quantitative estimate of drug-likeness (QED) is 0.285.